The highest BCUT2D eigenvalue weighted by Crippen LogP contribution is 2.23. The molecule has 0 radical (unpaired) electrons. The second-order valence-electron chi connectivity index (χ2n) is 7.12. The molecular weight excluding hydrogens is 356 g/mol. The lowest BCUT2D eigenvalue weighted by molar-refractivity contribution is -0.117. The summed E-state index contributed by atoms with van der Waals surface area (Å²) in [5, 5.41) is 2.88. The van der Waals surface area contributed by atoms with Crippen LogP contribution in [0.3, 0.4) is 0 Å². The highest BCUT2D eigenvalue weighted by molar-refractivity contribution is 6.04. The Morgan fingerprint density at radius 3 is 2.54 bits per heavy atom. The van der Waals surface area contributed by atoms with Crippen molar-refractivity contribution in [1.29, 1.82) is 0 Å². The van der Waals surface area contributed by atoms with Crippen LogP contribution in [0.15, 0.2) is 48.5 Å². The average molecular weight is 380 g/mol. The molecule has 1 unspecified atom stereocenters. The number of nitrogens with zero attached hydrogens (tertiary/aromatic N) is 1. The predicted molar refractivity (Wildman–Crippen MR) is 107 cm³/mol. The van der Waals surface area contributed by atoms with Crippen molar-refractivity contribution in [3.8, 4) is 5.75 Å². The summed E-state index contributed by atoms with van der Waals surface area (Å²) in [5.41, 5.74) is 2.09. The molecule has 1 N–H and O–H groups in total. The highest BCUT2D eigenvalue weighted by Gasteiger charge is 2.21. The van der Waals surface area contributed by atoms with Crippen LogP contribution in [0.2, 0.25) is 0 Å². The predicted octanol–water partition coefficient (Wildman–Crippen LogP) is 3.62. The molecule has 2 heterocycles. The van der Waals surface area contributed by atoms with Gasteiger partial charge >= 0.3 is 0 Å². The number of carbonyl (C=O) groups is 2. The Labute approximate surface area is 164 Å². The summed E-state index contributed by atoms with van der Waals surface area (Å²) in [6.45, 7) is 2.11. The van der Waals surface area contributed by atoms with Crippen molar-refractivity contribution in [2.45, 2.75) is 31.8 Å². The lowest BCUT2D eigenvalue weighted by Gasteiger charge is -2.16. The molecule has 2 saturated heterocycles. The average Bonchev–Trinajstić information content (AvgIpc) is 3.39. The second-order valence-corrected chi connectivity index (χ2v) is 7.12. The zero-order valence-electron chi connectivity index (χ0n) is 15.7. The van der Waals surface area contributed by atoms with Crippen molar-refractivity contribution in [2.75, 3.05) is 30.0 Å². The summed E-state index contributed by atoms with van der Waals surface area (Å²) in [7, 11) is 0. The molecule has 28 heavy (non-hydrogen) atoms. The van der Waals surface area contributed by atoms with E-state index < -0.39 is 0 Å². The maximum Gasteiger partial charge on any atom is 0.255 e. The Kier molecular flexibility index (Phi) is 5.58. The number of nitrogens with one attached hydrogen (secondary N) is 1. The van der Waals surface area contributed by atoms with Gasteiger partial charge in [-0.05, 0) is 67.8 Å². The third-order valence-electron chi connectivity index (χ3n) is 5.09. The smallest absolute Gasteiger partial charge is 0.255 e. The van der Waals surface area contributed by atoms with Crippen molar-refractivity contribution in [2.24, 2.45) is 0 Å². The van der Waals surface area contributed by atoms with Crippen molar-refractivity contribution in [1.82, 2.24) is 0 Å². The first-order valence-corrected chi connectivity index (χ1v) is 9.75. The molecule has 2 amide bonds. The number of rotatable bonds is 6. The molecule has 0 aromatic heterocycles. The first-order valence-electron chi connectivity index (χ1n) is 9.75. The van der Waals surface area contributed by atoms with Gasteiger partial charge in [0.2, 0.25) is 5.91 Å². The van der Waals surface area contributed by atoms with Crippen LogP contribution < -0.4 is 15.0 Å². The molecule has 2 fully saturated rings. The summed E-state index contributed by atoms with van der Waals surface area (Å²) in [6.07, 6.45) is 3.79. The molecule has 0 saturated carbocycles. The summed E-state index contributed by atoms with van der Waals surface area (Å²) in [6, 6.07) is 14.4. The molecule has 1 atom stereocenters. The van der Waals surface area contributed by atoms with Crippen molar-refractivity contribution in [3.05, 3.63) is 54.1 Å². The number of hydrogen-bond donors (Lipinski definition) is 1. The fourth-order valence-electron chi connectivity index (χ4n) is 3.52. The van der Waals surface area contributed by atoms with Crippen molar-refractivity contribution >= 4 is 23.2 Å². The molecule has 4 rings (SSSR count). The first-order chi connectivity index (χ1) is 13.7. The van der Waals surface area contributed by atoms with Gasteiger partial charge in [0.25, 0.3) is 5.91 Å². The summed E-state index contributed by atoms with van der Waals surface area (Å²) >= 11 is 0. The largest absolute Gasteiger partial charge is 0.491 e. The van der Waals surface area contributed by atoms with Crippen LogP contribution in [0.25, 0.3) is 0 Å². The van der Waals surface area contributed by atoms with Gasteiger partial charge in [-0.3, -0.25) is 9.59 Å². The molecule has 2 aromatic rings. The van der Waals surface area contributed by atoms with Gasteiger partial charge in [0.05, 0.1) is 6.10 Å². The third-order valence-corrected chi connectivity index (χ3v) is 5.09. The zero-order chi connectivity index (χ0) is 19.3. The van der Waals surface area contributed by atoms with Crippen molar-refractivity contribution in [3.63, 3.8) is 0 Å². The topological polar surface area (TPSA) is 67.9 Å². The van der Waals surface area contributed by atoms with Gasteiger partial charge < -0.3 is 19.7 Å². The van der Waals surface area contributed by atoms with Gasteiger partial charge in [-0.15, -0.1) is 0 Å². The van der Waals surface area contributed by atoms with E-state index in [1.807, 2.05) is 36.4 Å². The molecule has 0 bridgehead atoms. The van der Waals surface area contributed by atoms with E-state index in [1.165, 1.54) is 0 Å². The SMILES string of the molecule is O=C(Nc1ccc(OCC2CCCO2)cc1)c1ccc(N2CCCC2=O)cc1. The molecule has 2 aromatic carbocycles. The number of hydrogen-bond acceptors (Lipinski definition) is 4. The minimum absolute atomic E-state index is 0.138. The normalized spacial score (nSPS) is 19.1. The summed E-state index contributed by atoms with van der Waals surface area (Å²) < 4.78 is 11.3. The van der Waals surface area contributed by atoms with Gasteiger partial charge in [0.15, 0.2) is 0 Å². The second kappa shape index (κ2) is 8.44. The standard InChI is InChI=1S/C22H24N2O4/c25-21-4-1-13-24(21)18-9-5-16(6-10-18)22(26)23-17-7-11-19(12-8-17)28-15-20-3-2-14-27-20/h5-12,20H,1-4,13-15H2,(H,23,26). The molecule has 6 nitrogen and oxygen atoms in total. The van der Waals surface area contributed by atoms with Crippen LogP contribution in [-0.2, 0) is 9.53 Å². The third kappa shape index (κ3) is 4.34. The quantitative estimate of drug-likeness (QED) is 0.831. The van der Waals surface area contributed by atoms with Gasteiger partial charge in [-0.2, -0.15) is 0 Å². The molecular formula is C22H24N2O4. The molecule has 0 spiro atoms. The Morgan fingerprint density at radius 2 is 1.89 bits per heavy atom. The van der Waals surface area contributed by atoms with E-state index in [0.717, 1.165) is 43.9 Å². The van der Waals surface area contributed by atoms with Crippen LogP contribution >= 0.6 is 0 Å². The van der Waals surface area contributed by atoms with Crippen LogP contribution in [0.1, 0.15) is 36.0 Å². The van der Waals surface area contributed by atoms with Gasteiger partial charge in [0.1, 0.15) is 12.4 Å². The van der Waals surface area contributed by atoms with E-state index in [0.29, 0.717) is 24.3 Å². The molecule has 2 aliphatic heterocycles. The monoisotopic (exact) mass is 380 g/mol. The fraction of sp³-hybridized carbons (Fsp3) is 0.364. The molecule has 0 aliphatic carbocycles. The maximum absolute atomic E-state index is 12.5. The number of ether oxygens (including phenoxy) is 2. The maximum atomic E-state index is 12.5. The number of carbonyl (C=O) groups excluding carboxylic acids is 2. The van der Waals surface area contributed by atoms with E-state index in [9.17, 15) is 9.59 Å². The van der Waals surface area contributed by atoms with E-state index >= 15 is 0 Å². The lowest BCUT2D eigenvalue weighted by atomic mass is 10.1. The Balaban J connectivity index is 1.32. The van der Waals surface area contributed by atoms with Gasteiger partial charge in [0, 0.05) is 36.5 Å². The fourth-order valence-corrected chi connectivity index (χ4v) is 3.52. The first kappa shape index (κ1) is 18.5. The van der Waals surface area contributed by atoms with Gasteiger partial charge in [-0.25, -0.2) is 0 Å². The Morgan fingerprint density at radius 1 is 1.11 bits per heavy atom. The number of anilines is 2. The van der Waals surface area contributed by atoms with E-state index in [-0.39, 0.29) is 17.9 Å². The van der Waals surface area contributed by atoms with E-state index in [4.69, 9.17) is 9.47 Å². The van der Waals surface area contributed by atoms with E-state index in [1.54, 1.807) is 17.0 Å². The van der Waals surface area contributed by atoms with Gasteiger partial charge in [-0.1, -0.05) is 0 Å². The number of benzene rings is 2. The minimum Gasteiger partial charge on any atom is -0.491 e. The molecule has 6 heteroatoms. The zero-order valence-corrected chi connectivity index (χ0v) is 15.7. The van der Waals surface area contributed by atoms with Crippen LogP contribution in [-0.4, -0.2) is 37.7 Å². The summed E-state index contributed by atoms with van der Waals surface area (Å²) in [5.74, 6) is 0.708. The summed E-state index contributed by atoms with van der Waals surface area (Å²) in [4.78, 5) is 26.0. The van der Waals surface area contributed by atoms with Crippen LogP contribution in [0.4, 0.5) is 11.4 Å². The van der Waals surface area contributed by atoms with E-state index in [2.05, 4.69) is 5.32 Å². The molecule has 146 valence electrons. The van der Waals surface area contributed by atoms with Crippen LogP contribution in [0, 0.1) is 0 Å². The van der Waals surface area contributed by atoms with Crippen LogP contribution in [0.5, 0.6) is 5.75 Å². The van der Waals surface area contributed by atoms with Crippen molar-refractivity contribution < 1.29 is 19.1 Å². The minimum atomic E-state index is -0.188. The number of amides is 2. The Hall–Kier alpha value is -2.86. The lowest BCUT2D eigenvalue weighted by Crippen LogP contribution is -2.23. The Bertz CT molecular complexity index is 827. The molecule has 2 aliphatic rings. The highest BCUT2D eigenvalue weighted by atomic mass is 16.5.